The second kappa shape index (κ2) is 31.2. The van der Waals surface area contributed by atoms with Crippen molar-refractivity contribution < 1.29 is 39.8 Å². The Hall–Kier alpha value is -5.44. The molecule has 3 heterocycles. The van der Waals surface area contributed by atoms with Gasteiger partial charge in [-0.2, -0.15) is 15.0 Å². The van der Waals surface area contributed by atoms with Crippen molar-refractivity contribution in [2.24, 2.45) is 0 Å². The van der Waals surface area contributed by atoms with Gasteiger partial charge in [-0.15, -0.1) is 15.3 Å². The van der Waals surface area contributed by atoms with Gasteiger partial charge in [-0.05, 0) is 255 Å². The van der Waals surface area contributed by atoms with Gasteiger partial charge in [0.05, 0.1) is 17.3 Å². The van der Waals surface area contributed by atoms with Crippen LogP contribution in [0.15, 0.2) is 33.7 Å². The summed E-state index contributed by atoms with van der Waals surface area (Å²) in [6.07, 6.45) is 21.1. The quantitative estimate of drug-likeness (QED) is 0.0207. The molecule has 23 nitrogen and oxygen atoms in total. The van der Waals surface area contributed by atoms with Gasteiger partial charge in [0.2, 0.25) is 62.8 Å². The number of sulfone groups is 3. The Bertz CT molecular complexity index is 3930. The van der Waals surface area contributed by atoms with E-state index in [1.54, 1.807) is 0 Å². The highest BCUT2D eigenvalue weighted by molar-refractivity contribution is 7.91. The van der Waals surface area contributed by atoms with Crippen molar-refractivity contribution >= 4 is 80.6 Å². The van der Waals surface area contributed by atoms with Crippen LogP contribution in [-0.4, -0.2) is 179 Å². The van der Waals surface area contributed by atoms with E-state index in [2.05, 4.69) is 109 Å². The number of hydrogen-bond donors (Lipinski definition) is 5. The Morgan fingerprint density at radius 2 is 0.800 bits per heavy atom. The van der Waals surface area contributed by atoms with Gasteiger partial charge >= 0.3 is 0 Å². The fourth-order valence-electron chi connectivity index (χ4n) is 13.8. The Balaban J connectivity index is 0.000000156. The zero-order valence-electron chi connectivity index (χ0n) is 58.0. The summed E-state index contributed by atoms with van der Waals surface area (Å²) in [7, 11) is -5.49. The summed E-state index contributed by atoms with van der Waals surface area (Å²) in [6.45, 7) is 16.2. The van der Waals surface area contributed by atoms with Crippen LogP contribution in [0, 0.1) is 0 Å². The zero-order chi connectivity index (χ0) is 67.9. The summed E-state index contributed by atoms with van der Waals surface area (Å²) < 4.78 is 91.8. The predicted molar refractivity (Wildman–Crippen MR) is 380 cm³/mol. The molecule has 0 saturated heterocycles. The monoisotopic (exact) mass is 1400 g/mol. The minimum atomic E-state index is -3.70. The number of rotatable bonds is 30. The Morgan fingerprint density at radius 3 is 1.13 bits per heavy atom. The molecular weight excluding hydrogens is 1300 g/mol. The molecule has 12 rings (SSSR count). The van der Waals surface area contributed by atoms with Crippen molar-refractivity contribution in [2.75, 3.05) is 94.3 Å². The van der Waals surface area contributed by atoms with Crippen molar-refractivity contribution in [2.45, 2.75) is 215 Å². The van der Waals surface area contributed by atoms with Gasteiger partial charge in [0, 0.05) is 53.0 Å². The van der Waals surface area contributed by atoms with Crippen LogP contribution in [0.1, 0.15) is 125 Å². The number of hydrogen-bond acceptors (Lipinski definition) is 20. The molecule has 6 aromatic rings. The lowest BCUT2D eigenvalue weighted by Gasteiger charge is -2.15. The number of H-pyrrole nitrogens is 1. The molecule has 0 radical (unpaired) electrons. The van der Waals surface area contributed by atoms with Crippen molar-refractivity contribution in [3.63, 3.8) is 0 Å². The average Bonchev–Trinajstić information content (AvgIpc) is 1.66. The molecular formula is C67H104N14O9S3Si2. The van der Waals surface area contributed by atoms with Gasteiger partial charge in [0.25, 0.3) is 0 Å². The number of anilines is 6. The van der Waals surface area contributed by atoms with Crippen LogP contribution < -0.4 is 16.0 Å². The molecule has 522 valence electrons. The van der Waals surface area contributed by atoms with Crippen molar-refractivity contribution in [1.29, 1.82) is 0 Å². The van der Waals surface area contributed by atoms with Crippen molar-refractivity contribution in [3.8, 4) is 0 Å². The topological polar surface area (TPSA) is 287 Å². The first kappa shape index (κ1) is 72.3. The average molecular weight is 1400 g/mol. The Kier molecular flexibility index (Phi) is 23.7. The molecule has 0 atom stereocenters. The van der Waals surface area contributed by atoms with Gasteiger partial charge in [-0.25, -0.2) is 39.7 Å². The zero-order valence-corrected chi connectivity index (χ0v) is 62.4. The molecule has 6 aliphatic carbocycles. The van der Waals surface area contributed by atoms with Crippen LogP contribution in [0.4, 0.5) is 34.9 Å². The number of ether oxygens (including phenoxy) is 2. The first-order valence-corrected chi connectivity index (χ1v) is 46.9. The standard InChI is InChI=1S/C25H41N5O3SSi.C23H36N4O4SSi.C19H27N5O2S/c1-29(2)13-8-15-34(31,32)25-27-24(28-30(25)18-33-14-16-35(3,4)5)26-23-21-11-6-9-19(21)17-20-10-7-12-22(20)23;1-33(2,3)14-12-31-16-27-23(32(29,30)13-6-11-28)25-22(26-27)24-21-19-9-4-7-17(19)15-18-8-5-10-20(18)21;1-24(2)10-5-11-27(25,26)19-21-18(22-23-19)20-17-15-8-3-6-13(15)12-14-7-4-9-16(14)17/h17H,6-16,18H2,1-5H3,(H,26,28);15,28H,4-14,16H2,1-3H3,(H,24,26);12H,3-11H2,1-2H3,(H2,20,21,22,23). The molecule has 3 aromatic heterocycles. The third-order valence-electron chi connectivity index (χ3n) is 18.7. The maximum Gasteiger partial charge on any atom is 0.249 e. The first-order chi connectivity index (χ1) is 45.1. The van der Waals surface area contributed by atoms with Crippen LogP contribution in [-0.2, 0) is 129 Å². The number of aromatic amines is 1. The second-order valence-corrected chi connectivity index (χ2v) is 46.8. The normalized spacial score (nSPS) is 15.7. The molecule has 5 N–H and O–H groups in total. The van der Waals surface area contributed by atoms with E-state index < -0.39 is 45.7 Å². The highest BCUT2D eigenvalue weighted by atomic mass is 32.2. The summed E-state index contributed by atoms with van der Waals surface area (Å²) in [5.41, 5.74) is 19.8. The van der Waals surface area contributed by atoms with E-state index in [1.165, 1.54) is 89.0 Å². The molecule has 0 aliphatic heterocycles. The molecule has 0 saturated carbocycles. The van der Waals surface area contributed by atoms with E-state index >= 15 is 0 Å². The lowest BCUT2D eigenvalue weighted by atomic mass is 9.99. The third kappa shape index (κ3) is 18.7. The SMILES string of the molecule is CN(C)CCCS(=O)(=O)c1nc(Nc2c3c(cc4c2CCC4)CCC3)n[nH]1.CN(C)CCCS(=O)(=O)c1nc(Nc2c3c(cc4c2CCC4)CCC3)nn1COCC[Si](C)(C)C.C[Si](C)(C)CCOCn1nc(Nc2c3c(cc4c2CCC4)CCC3)nc1S(=O)(=O)CCCO. The summed E-state index contributed by atoms with van der Waals surface area (Å²) >= 11 is 0. The molecule has 0 bridgehead atoms. The van der Waals surface area contributed by atoms with Gasteiger partial charge in [0.15, 0.2) is 0 Å². The van der Waals surface area contributed by atoms with Gasteiger partial charge in [-0.3, -0.25) is 0 Å². The van der Waals surface area contributed by atoms with Gasteiger partial charge < -0.3 is 40.3 Å². The van der Waals surface area contributed by atoms with E-state index in [0.29, 0.717) is 50.4 Å². The summed E-state index contributed by atoms with van der Waals surface area (Å²) in [5, 5.41) is 35.0. The Labute approximate surface area is 565 Å². The highest BCUT2D eigenvalue weighted by Crippen LogP contribution is 2.43. The second-order valence-electron chi connectivity index (χ2n) is 29.5. The van der Waals surface area contributed by atoms with Gasteiger partial charge in [-0.1, -0.05) is 57.5 Å². The number of aliphatic hydroxyl groups is 1. The fraction of sp³-hybridized carbons (Fsp3) is 0.642. The largest absolute Gasteiger partial charge is 0.396 e. The van der Waals surface area contributed by atoms with Crippen LogP contribution in [0.3, 0.4) is 0 Å². The maximum absolute atomic E-state index is 13.2. The molecule has 0 spiro atoms. The minimum Gasteiger partial charge on any atom is -0.396 e. The highest BCUT2D eigenvalue weighted by Gasteiger charge is 2.32. The smallest absolute Gasteiger partial charge is 0.249 e. The molecule has 0 fully saturated rings. The number of aliphatic hydroxyl groups excluding tert-OH is 1. The number of nitrogens with zero attached hydrogens (tertiary/aromatic N) is 10. The molecule has 95 heavy (non-hydrogen) atoms. The molecule has 28 heteroatoms. The molecule has 6 aliphatic rings. The van der Waals surface area contributed by atoms with Gasteiger partial charge in [0.1, 0.15) is 13.5 Å². The van der Waals surface area contributed by atoms with Crippen LogP contribution in [0.25, 0.3) is 0 Å². The summed E-state index contributed by atoms with van der Waals surface area (Å²) in [6, 6.07) is 9.12. The number of aromatic nitrogens is 9. The molecule has 3 aromatic carbocycles. The first-order valence-electron chi connectivity index (χ1n) is 34.5. The van der Waals surface area contributed by atoms with E-state index in [1.807, 2.05) is 38.0 Å². The van der Waals surface area contributed by atoms with Crippen LogP contribution in [0.2, 0.25) is 51.4 Å². The number of aryl methyl sites for hydroxylation is 6. The lowest BCUT2D eigenvalue weighted by molar-refractivity contribution is 0.0715. The fourth-order valence-corrected chi connectivity index (χ4v) is 19.1. The van der Waals surface area contributed by atoms with E-state index in [0.717, 1.165) is 138 Å². The number of nitrogens with one attached hydrogen (secondary N) is 4. The van der Waals surface area contributed by atoms with Crippen LogP contribution >= 0.6 is 0 Å². The number of fused-ring (bicyclic) bond motifs is 6. The van der Waals surface area contributed by atoms with E-state index in [-0.39, 0.29) is 59.2 Å². The van der Waals surface area contributed by atoms with Crippen molar-refractivity contribution in [3.05, 3.63) is 85.0 Å². The summed E-state index contributed by atoms with van der Waals surface area (Å²) in [5.74, 6) is 0.910. The van der Waals surface area contributed by atoms with Crippen LogP contribution in [0.5, 0.6) is 0 Å². The van der Waals surface area contributed by atoms with E-state index in [9.17, 15) is 25.3 Å². The predicted octanol–water partition coefficient (Wildman–Crippen LogP) is 9.76. The Morgan fingerprint density at radius 1 is 0.474 bits per heavy atom. The third-order valence-corrected chi connectivity index (χ3v) is 27.1. The summed E-state index contributed by atoms with van der Waals surface area (Å²) in [4.78, 5) is 17.1. The number of benzene rings is 3. The van der Waals surface area contributed by atoms with Crippen molar-refractivity contribution in [1.82, 2.24) is 54.5 Å². The molecule has 0 amide bonds. The maximum atomic E-state index is 13.2. The molecule has 0 unspecified atom stereocenters. The minimum absolute atomic E-state index is 0.00372. The lowest BCUT2D eigenvalue weighted by Crippen LogP contribution is -2.23. The van der Waals surface area contributed by atoms with E-state index in [4.69, 9.17) is 14.6 Å².